The predicted octanol–water partition coefficient (Wildman–Crippen LogP) is 16.6. The van der Waals surface area contributed by atoms with E-state index in [1.165, 1.54) is 67.2 Å². The third-order valence-corrected chi connectivity index (χ3v) is 12.3. The lowest BCUT2D eigenvalue weighted by molar-refractivity contribution is 0.757. The lowest BCUT2D eigenvalue weighted by Gasteiger charge is -2.32. The van der Waals surface area contributed by atoms with Gasteiger partial charge in [-0.1, -0.05) is 170 Å². The van der Waals surface area contributed by atoms with Gasteiger partial charge in [-0.25, -0.2) is 0 Å². The van der Waals surface area contributed by atoms with Gasteiger partial charge in [0, 0.05) is 40.1 Å². The molecule has 3 aliphatic rings. The third kappa shape index (κ3) is 8.46. The summed E-state index contributed by atoms with van der Waals surface area (Å²) in [5.74, 6) is 0.460. The second-order valence-electron chi connectivity index (χ2n) is 16.3. The average Bonchev–Trinajstić information content (AvgIpc) is 3.36. The third-order valence-electron chi connectivity index (χ3n) is 12.3. The molecule has 2 heteroatoms. The van der Waals surface area contributed by atoms with Crippen LogP contribution in [0, 0.1) is 5.92 Å². The van der Waals surface area contributed by atoms with E-state index in [0.29, 0.717) is 5.92 Å². The summed E-state index contributed by atoms with van der Waals surface area (Å²) in [5, 5.41) is 0. The van der Waals surface area contributed by atoms with Crippen LogP contribution in [-0.2, 0) is 0 Å². The second kappa shape index (κ2) is 18.1. The zero-order valence-corrected chi connectivity index (χ0v) is 35.0. The molecule has 7 aromatic carbocycles. The van der Waals surface area contributed by atoms with Gasteiger partial charge in [-0.3, -0.25) is 0 Å². The number of anilines is 4. The zero-order valence-electron chi connectivity index (χ0n) is 35.0. The first-order valence-electron chi connectivity index (χ1n) is 22.1. The molecule has 1 atom stereocenters. The highest BCUT2D eigenvalue weighted by atomic mass is 15.2. The first-order chi connectivity index (χ1) is 30.7. The van der Waals surface area contributed by atoms with E-state index in [1.807, 2.05) is 0 Å². The molecule has 3 aliphatic carbocycles. The van der Waals surface area contributed by atoms with Crippen LogP contribution in [0.25, 0.3) is 44.5 Å². The van der Waals surface area contributed by atoms with E-state index in [-0.39, 0.29) is 0 Å². The molecule has 0 aliphatic heterocycles. The minimum atomic E-state index is 0.460. The Hall–Kier alpha value is -7.42. The van der Waals surface area contributed by atoms with Crippen molar-refractivity contribution in [2.75, 3.05) is 9.80 Å². The monoisotopic (exact) mass is 798 g/mol. The highest BCUT2D eigenvalue weighted by Gasteiger charge is 2.21. The molecule has 0 saturated carbocycles. The number of rotatable bonds is 11. The molecule has 62 heavy (non-hydrogen) atoms. The van der Waals surface area contributed by atoms with Crippen LogP contribution < -0.4 is 9.80 Å². The maximum Gasteiger partial charge on any atom is 0.0462 e. The quantitative estimate of drug-likeness (QED) is 0.129. The summed E-state index contributed by atoms with van der Waals surface area (Å²) in [4.78, 5) is 4.78. The fraction of sp³-hybridized carbons (Fsp3) is 0.100. The predicted molar refractivity (Wildman–Crippen MR) is 264 cm³/mol. The van der Waals surface area contributed by atoms with Gasteiger partial charge in [0.05, 0.1) is 0 Å². The van der Waals surface area contributed by atoms with E-state index in [4.69, 9.17) is 0 Å². The number of hydrogen-bond acceptors (Lipinski definition) is 2. The molecule has 0 radical (unpaired) electrons. The van der Waals surface area contributed by atoms with Gasteiger partial charge in [-0.15, -0.1) is 0 Å². The van der Waals surface area contributed by atoms with Crippen molar-refractivity contribution in [3.63, 3.8) is 0 Å². The Morgan fingerprint density at radius 2 is 0.887 bits per heavy atom. The fourth-order valence-electron chi connectivity index (χ4n) is 8.98. The molecule has 1 unspecified atom stereocenters. The van der Waals surface area contributed by atoms with Crippen molar-refractivity contribution in [3.05, 3.63) is 254 Å². The van der Waals surface area contributed by atoms with E-state index in [9.17, 15) is 0 Å². The largest absolute Gasteiger partial charge is 0.315 e. The minimum Gasteiger partial charge on any atom is -0.315 e. The van der Waals surface area contributed by atoms with Crippen molar-refractivity contribution >= 4 is 22.7 Å². The number of allylic oxidation sites excluding steroid dienone is 11. The van der Waals surface area contributed by atoms with Crippen LogP contribution >= 0.6 is 0 Å². The van der Waals surface area contributed by atoms with E-state index >= 15 is 0 Å². The topological polar surface area (TPSA) is 6.48 Å². The van der Waals surface area contributed by atoms with Crippen molar-refractivity contribution in [2.24, 2.45) is 5.92 Å². The Balaban J connectivity index is 0.856. The molecule has 0 amide bonds. The highest BCUT2D eigenvalue weighted by Crippen LogP contribution is 2.39. The maximum absolute atomic E-state index is 2.46. The Labute approximate surface area is 367 Å². The van der Waals surface area contributed by atoms with Crippen LogP contribution in [0.1, 0.15) is 32.1 Å². The molecule has 0 saturated heterocycles. The van der Waals surface area contributed by atoms with Crippen molar-refractivity contribution in [1.29, 1.82) is 0 Å². The molecule has 0 N–H and O–H groups in total. The summed E-state index contributed by atoms with van der Waals surface area (Å²) in [6, 6.07) is 65.9. The van der Waals surface area contributed by atoms with Gasteiger partial charge in [0.15, 0.2) is 0 Å². The molecule has 0 bridgehead atoms. The van der Waals surface area contributed by atoms with E-state index < -0.39 is 0 Å². The standard InChI is InChI=1S/C60H50N2/c1-5-14-45(15-6-1)48-28-36-57(37-29-48)61(55-20-9-3-10-21-55)59-40-32-50(33-41-59)47-24-26-51(27-25-47)53-18-13-19-54(44-53)52-34-42-60(43-35-52)62(56-22-11-4-12-23-56)58-38-30-49(31-39-58)46-16-7-2-8-17-46/h1,3-7,9-11,13-22,24-30,32-44,49H,2,8,12,23,31H2. The lowest BCUT2D eigenvalue weighted by Crippen LogP contribution is -2.23. The van der Waals surface area contributed by atoms with Gasteiger partial charge in [-0.05, 0) is 149 Å². The van der Waals surface area contributed by atoms with Gasteiger partial charge in [0.2, 0.25) is 0 Å². The lowest BCUT2D eigenvalue weighted by atomic mass is 9.88. The van der Waals surface area contributed by atoms with Gasteiger partial charge < -0.3 is 9.80 Å². The summed E-state index contributed by atoms with van der Waals surface area (Å²) in [6.45, 7) is 0. The molecular formula is C60H50N2. The average molecular weight is 799 g/mol. The number of nitrogens with zero attached hydrogens (tertiary/aromatic N) is 2. The summed E-state index contributed by atoms with van der Waals surface area (Å²) in [7, 11) is 0. The zero-order chi connectivity index (χ0) is 41.5. The Kier molecular flexibility index (Phi) is 11.3. The first-order valence-corrected chi connectivity index (χ1v) is 22.1. The SMILES string of the molecule is C1=CCCC(N(C2=CCC(C3=CCCC=C3)C=C2)c2ccc(-c3cccc(-c4ccc(-c5ccc(N(c6ccccc6)c6ccc(-c7ccccc7)cc6)cc5)cc4)c3)cc2)=C1. The van der Waals surface area contributed by atoms with Crippen molar-refractivity contribution in [1.82, 2.24) is 0 Å². The second-order valence-corrected chi connectivity index (χ2v) is 16.3. The Morgan fingerprint density at radius 1 is 0.387 bits per heavy atom. The summed E-state index contributed by atoms with van der Waals surface area (Å²) >= 11 is 0. The normalized spacial score (nSPS) is 15.7. The first kappa shape index (κ1) is 38.8. The van der Waals surface area contributed by atoms with Crippen LogP contribution in [-0.4, -0.2) is 0 Å². The van der Waals surface area contributed by atoms with Crippen molar-refractivity contribution in [3.8, 4) is 44.5 Å². The summed E-state index contributed by atoms with van der Waals surface area (Å²) < 4.78 is 0. The minimum absolute atomic E-state index is 0.460. The van der Waals surface area contributed by atoms with E-state index in [1.54, 1.807) is 0 Å². The van der Waals surface area contributed by atoms with Crippen molar-refractivity contribution < 1.29 is 0 Å². The molecule has 10 rings (SSSR count). The Morgan fingerprint density at radius 3 is 1.40 bits per heavy atom. The summed E-state index contributed by atoms with van der Waals surface area (Å²) in [6.07, 6.45) is 26.4. The smallest absolute Gasteiger partial charge is 0.0462 e. The molecule has 0 fully saturated rings. The highest BCUT2D eigenvalue weighted by molar-refractivity contribution is 5.81. The number of para-hydroxylation sites is 1. The van der Waals surface area contributed by atoms with Gasteiger partial charge in [-0.2, -0.15) is 0 Å². The number of benzene rings is 7. The Bertz CT molecular complexity index is 2820. The maximum atomic E-state index is 2.46. The van der Waals surface area contributed by atoms with Crippen LogP contribution in [0.3, 0.4) is 0 Å². The van der Waals surface area contributed by atoms with Crippen LogP contribution in [0.2, 0.25) is 0 Å². The molecule has 2 nitrogen and oxygen atoms in total. The van der Waals surface area contributed by atoms with Crippen LogP contribution in [0.4, 0.5) is 22.7 Å². The van der Waals surface area contributed by atoms with Crippen LogP contribution in [0.15, 0.2) is 254 Å². The molecule has 0 aromatic heterocycles. The molecular weight excluding hydrogens is 749 g/mol. The van der Waals surface area contributed by atoms with Crippen molar-refractivity contribution in [2.45, 2.75) is 32.1 Å². The molecule has 0 spiro atoms. The van der Waals surface area contributed by atoms with E-state index in [0.717, 1.165) is 49.2 Å². The molecule has 300 valence electrons. The number of hydrogen-bond donors (Lipinski definition) is 0. The van der Waals surface area contributed by atoms with Gasteiger partial charge in [0.25, 0.3) is 0 Å². The summed E-state index contributed by atoms with van der Waals surface area (Å²) in [5.41, 5.74) is 18.3. The molecule has 0 heterocycles. The van der Waals surface area contributed by atoms with E-state index in [2.05, 4.69) is 246 Å². The van der Waals surface area contributed by atoms with Gasteiger partial charge in [0.1, 0.15) is 0 Å². The van der Waals surface area contributed by atoms with Crippen LogP contribution in [0.5, 0.6) is 0 Å². The fourth-order valence-corrected chi connectivity index (χ4v) is 8.98. The van der Waals surface area contributed by atoms with Gasteiger partial charge >= 0.3 is 0 Å². The molecule has 7 aromatic rings.